The van der Waals surface area contributed by atoms with Crippen molar-refractivity contribution < 1.29 is 9.18 Å². The molecule has 156 valence electrons. The van der Waals surface area contributed by atoms with Crippen molar-refractivity contribution in [2.45, 2.75) is 52.9 Å². The molecule has 4 nitrogen and oxygen atoms in total. The van der Waals surface area contributed by atoms with Gasteiger partial charge in [0, 0.05) is 18.9 Å². The van der Waals surface area contributed by atoms with Crippen molar-refractivity contribution in [2.75, 3.05) is 6.54 Å². The van der Waals surface area contributed by atoms with Crippen molar-refractivity contribution in [1.82, 2.24) is 15.3 Å². The van der Waals surface area contributed by atoms with E-state index in [1.54, 1.807) is 6.07 Å². The molecular weight excluding hydrogens is 365 g/mol. The summed E-state index contributed by atoms with van der Waals surface area (Å²) in [6.07, 6.45) is 7.58. The van der Waals surface area contributed by atoms with Gasteiger partial charge in [0.05, 0.1) is 11.0 Å². The number of allylic oxidation sites excluding steroid dienone is 1. The highest BCUT2D eigenvalue weighted by Crippen LogP contribution is 2.39. The van der Waals surface area contributed by atoms with Crippen LogP contribution in [-0.2, 0) is 11.2 Å². The van der Waals surface area contributed by atoms with Gasteiger partial charge in [0.1, 0.15) is 11.6 Å². The number of aromatic amines is 1. The van der Waals surface area contributed by atoms with Crippen LogP contribution in [0.15, 0.2) is 29.8 Å². The van der Waals surface area contributed by atoms with Gasteiger partial charge in [0.25, 0.3) is 0 Å². The minimum atomic E-state index is -0.242. The monoisotopic (exact) mass is 397 g/mol. The highest BCUT2D eigenvalue weighted by atomic mass is 19.1. The van der Waals surface area contributed by atoms with Gasteiger partial charge in [-0.25, -0.2) is 9.37 Å². The lowest BCUT2D eigenvalue weighted by Gasteiger charge is -2.37. The lowest BCUT2D eigenvalue weighted by atomic mass is 9.69. The first-order valence-electron chi connectivity index (χ1n) is 11.0. The summed E-state index contributed by atoms with van der Waals surface area (Å²) < 4.78 is 13.5. The molecule has 1 heterocycles. The molecule has 0 radical (unpaired) electrons. The smallest absolute Gasteiger partial charge is 0.223 e. The minimum absolute atomic E-state index is 0.237. The quantitative estimate of drug-likeness (QED) is 0.673. The standard InChI is InChI=1S/C24H32FN3O/c1-14(2)20-10-17(11-23-27-21-8-7-19(25)12-22(21)28-23)15(3)9-18(20)13-26-24(29)16-5-4-6-16/h7-9,12,14,16-18,20H,4-6,10-11,13H2,1-3H3,(H,26,29)(H,27,28). The van der Waals surface area contributed by atoms with Crippen LogP contribution in [0.1, 0.15) is 52.3 Å². The van der Waals surface area contributed by atoms with Crippen LogP contribution in [0.2, 0.25) is 0 Å². The number of amides is 1. The molecule has 0 spiro atoms. The number of nitrogens with zero attached hydrogens (tertiary/aromatic N) is 1. The Hall–Kier alpha value is -2.17. The highest BCUT2D eigenvalue weighted by molar-refractivity contribution is 5.79. The van der Waals surface area contributed by atoms with Gasteiger partial charge in [0.15, 0.2) is 0 Å². The third kappa shape index (κ3) is 4.39. The van der Waals surface area contributed by atoms with Crippen LogP contribution in [-0.4, -0.2) is 22.4 Å². The lowest BCUT2D eigenvalue weighted by molar-refractivity contribution is -0.127. The fourth-order valence-corrected chi connectivity index (χ4v) is 4.91. The van der Waals surface area contributed by atoms with E-state index in [0.717, 1.165) is 49.1 Å². The van der Waals surface area contributed by atoms with Crippen LogP contribution in [0.25, 0.3) is 11.0 Å². The molecule has 0 bridgehead atoms. The van der Waals surface area contributed by atoms with Crippen molar-refractivity contribution in [3.05, 3.63) is 41.5 Å². The van der Waals surface area contributed by atoms with Gasteiger partial charge in [0.2, 0.25) is 5.91 Å². The first-order chi connectivity index (χ1) is 13.9. The number of hydrogen-bond acceptors (Lipinski definition) is 2. The second-order valence-electron chi connectivity index (χ2n) is 9.34. The zero-order valence-electron chi connectivity index (χ0n) is 17.7. The number of aromatic nitrogens is 2. The molecule has 2 aliphatic carbocycles. The number of nitrogens with one attached hydrogen (secondary N) is 2. The van der Waals surface area contributed by atoms with Gasteiger partial charge < -0.3 is 10.3 Å². The number of hydrogen-bond donors (Lipinski definition) is 2. The van der Waals surface area contributed by atoms with Crippen LogP contribution in [0.5, 0.6) is 0 Å². The summed E-state index contributed by atoms with van der Waals surface area (Å²) in [6.45, 7) is 7.50. The van der Waals surface area contributed by atoms with Crippen LogP contribution >= 0.6 is 0 Å². The molecule has 1 saturated carbocycles. The number of rotatable bonds is 6. The Morgan fingerprint density at radius 1 is 1.34 bits per heavy atom. The third-order valence-electron chi connectivity index (χ3n) is 7.00. The van der Waals surface area contributed by atoms with Crippen LogP contribution in [0.3, 0.4) is 0 Å². The molecular formula is C24H32FN3O. The molecule has 1 amide bonds. The van der Waals surface area contributed by atoms with Crippen LogP contribution < -0.4 is 5.32 Å². The largest absolute Gasteiger partial charge is 0.355 e. The van der Waals surface area contributed by atoms with E-state index in [4.69, 9.17) is 0 Å². The lowest BCUT2D eigenvalue weighted by Crippen LogP contribution is -2.40. The molecule has 1 aromatic carbocycles. The topological polar surface area (TPSA) is 57.8 Å². The molecule has 2 aromatic rings. The number of imidazole rings is 1. The van der Waals surface area contributed by atoms with E-state index >= 15 is 0 Å². The predicted octanol–water partition coefficient (Wildman–Crippen LogP) is 5.02. The molecule has 29 heavy (non-hydrogen) atoms. The normalized spacial score (nSPS) is 25.1. The van der Waals surface area contributed by atoms with Crippen molar-refractivity contribution >= 4 is 16.9 Å². The summed E-state index contributed by atoms with van der Waals surface area (Å²) in [4.78, 5) is 20.2. The van der Waals surface area contributed by atoms with Crippen LogP contribution in [0.4, 0.5) is 4.39 Å². The van der Waals surface area contributed by atoms with Crippen molar-refractivity contribution in [3.63, 3.8) is 0 Å². The summed E-state index contributed by atoms with van der Waals surface area (Å²) in [6, 6.07) is 4.69. The Morgan fingerprint density at radius 3 is 2.83 bits per heavy atom. The SMILES string of the molecule is CC1=CC(CNC(=O)C2CCC2)C(C(C)C)CC1Cc1nc2ccc(F)cc2[nH]1. The first-order valence-corrected chi connectivity index (χ1v) is 11.0. The number of carbonyl (C=O) groups is 1. The van der Waals surface area contributed by atoms with Crippen LogP contribution in [0, 0.1) is 35.4 Å². The van der Waals surface area contributed by atoms with Gasteiger partial charge >= 0.3 is 0 Å². The Kier molecular flexibility index (Phi) is 5.75. The zero-order valence-corrected chi connectivity index (χ0v) is 17.7. The van der Waals surface area contributed by atoms with Gasteiger partial charge in [-0.15, -0.1) is 0 Å². The average molecular weight is 398 g/mol. The molecule has 0 aliphatic heterocycles. The van der Waals surface area contributed by atoms with E-state index in [1.807, 2.05) is 0 Å². The maximum absolute atomic E-state index is 13.5. The molecule has 5 heteroatoms. The third-order valence-corrected chi connectivity index (χ3v) is 7.00. The number of halogens is 1. The number of carbonyl (C=O) groups excluding carboxylic acids is 1. The van der Waals surface area contributed by atoms with E-state index in [1.165, 1.54) is 24.1 Å². The maximum Gasteiger partial charge on any atom is 0.223 e. The van der Waals surface area contributed by atoms with Gasteiger partial charge in [-0.3, -0.25) is 4.79 Å². The maximum atomic E-state index is 13.5. The number of fused-ring (bicyclic) bond motifs is 1. The molecule has 4 rings (SSSR count). The van der Waals surface area contributed by atoms with E-state index in [2.05, 4.69) is 42.1 Å². The van der Waals surface area contributed by atoms with Crippen molar-refractivity contribution in [3.8, 4) is 0 Å². The first kappa shape index (κ1) is 20.1. The summed E-state index contributed by atoms with van der Waals surface area (Å²) in [5.74, 6) is 3.06. The Balaban J connectivity index is 1.45. The van der Waals surface area contributed by atoms with E-state index < -0.39 is 0 Å². The van der Waals surface area contributed by atoms with Gasteiger partial charge in [-0.2, -0.15) is 0 Å². The summed E-state index contributed by atoms with van der Waals surface area (Å²) in [7, 11) is 0. The summed E-state index contributed by atoms with van der Waals surface area (Å²) in [5.41, 5.74) is 2.95. The molecule has 0 saturated heterocycles. The fourth-order valence-electron chi connectivity index (χ4n) is 4.91. The second kappa shape index (κ2) is 8.29. The Labute approximate surface area is 172 Å². The van der Waals surface area contributed by atoms with Gasteiger partial charge in [-0.05, 0) is 68.1 Å². The zero-order chi connectivity index (χ0) is 20.5. The molecule has 2 aliphatic rings. The van der Waals surface area contributed by atoms with E-state index in [9.17, 15) is 9.18 Å². The number of H-pyrrole nitrogens is 1. The molecule has 1 aromatic heterocycles. The average Bonchev–Trinajstić information content (AvgIpc) is 3.01. The summed E-state index contributed by atoms with van der Waals surface area (Å²) >= 11 is 0. The van der Waals surface area contributed by atoms with Crippen molar-refractivity contribution in [1.29, 1.82) is 0 Å². The molecule has 3 unspecified atom stereocenters. The fraction of sp³-hybridized carbons (Fsp3) is 0.583. The highest BCUT2D eigenvalue weighted by Gasteiger charge is 2.33. The molecule has 2 N–H and O–H groups in total. The Bertz CT molecular complexity index is 912. The minimum Gasteiger partial charge on any atom is -0.355 e. The van der Waals surface area contributed by atoms with Gasteiger partial charge in [-0.1, -0.05) is 31.9 Å². The van der Waals surface area contributed by atoms with E-state index in [-0.39, 0.29) is 17.6 Å². The second-order valence-corrected chi connectivity index (χ2v) is 9.34. The number of benzene rings is 1. The van der Waals surface area contributed by atoms with Crippen molar-refractivity contribution in [2.24, 2.45) is 29.6 Å². The Morgan fingerprint density at radius 2 is 2.14 bits per heavy atom. The summed E-state index contributed by atoms with van der Waals surface area (Å²) in [5, 5.41) is 3.21. The van der Waals surface area contributed by atoms with E-state index in [0.29, 0.717) is 23.7 Å². The predicted molar refractivity (Wildman–Crippen MR) is 114 cm³/mol. The molecule has 3 atom stereocenters. The molecule has 1 fully saturated rings.